The van der Waals surface area contributed by atoms with E-state index < -0.39 is 0 Å². The van der Waals surface area contributed by atoms with Crippen LogP contribution in [0.3, 0.4) is 0 Å². The SMILES string of the molecule is CNCC(C)Cc1c(C)nc(N2CCOCC2)nc1C. The Labute approximate surface area is 121 Å². The fourth-order valence-electron chi connectivity index (χ4n) is 2.69. The number of hydrogen-bond acceptors (Lipinski definition) is 5. The van der Waals surface area contributed by atoms with Crippen molar-refractivity contribution in [3.05, 3.63) is 17.0 Å². The van der Waals surface area contributed by atoms with Crippen molar-refractivity contribution in [1.29, 1.82) is 0 Å². The summed E-state index contributed by atoms with van der Waals surface area (Å²) in [6.45, 7) is 10.8. The fourth-order valence-corrected chi connectivity index (χ4v) is 2.69. The van der Waals surface area contributed by atoms with Gasteiger partial charge in [0.25, 0.3) is 0 Å². The van der Waals surface area contributed by atoms with Gasteiger partial charge in [0.05, 0.1) is 13.2 Å². The van der Waals surface area contributed by atoms with Gasteiger partial charge in [0.1, 0.15) is 0 Å². The molecule has 0 amide bonds. The fraction of sp³-hybridized carbons (Fsp3) is 0.733. The molecule has 1 fully saturated rings. The monoisotopic (exact) mass is 278 g/mol. The van der Waals surface area contributed by atoms with Crippen molar-refractivity contribution in [2.75, 3.05) is 44.8 Å². The Morgan fingerprint density at radius 1 is 1.20 bits per heavy atom. The van der Waals surface area contributed by atoms with Gasteiger partial charge in [-0.2, -0.15) is 0 Å². The highest BCUT2D eigenvalue weighted by Crippen LogP contribution is 2.19. The van der Waals surface area contributed by atoms with E-state index in [4.69, 9.17) is 14.7 Å². The van der Waals surface area contributed by atoms with Gasteiger partial charge in [0.15, 0.2) is 0 Å². The number of nitrogens with zero attached hydrogens (tertiary/aromatic N) is 3. The number of ether oxygens (including phenoxy) is 1. The Kier molecular flexibility index (Phi) is 5.31. The Balaban J connectivity index is 2.15. The van der Waals surface area contributed by atoms with Gasteiger partial charge in [-0.25, -0.2) is 9.97 Å². The number of nitrogens with one attached hydrogen (secondary N) is 1. The minimum atomic E-state index is 0.593. The lowest BCUT2D eigenvalue weighted by atomic mass is 9.99. The first-order valence-electron chi connectivity index (χ1n) is 7.43. The van der Waals surface area contributed by atoms with Crippen molar-refractivity contribution in [3.63, 3.8) is 0 Å². The summed E-state index contributed by atoms with van der Waals surface area (Å²) in [7, 11) is 1.99. The number of rotatable bonds is 5. The maximum Gasteiger partial charge on any atom is 0.225 e. The van der Waals surface area contributed by atoms with Crippen LogP contribution < -0.4 is 10.2 Å². The first-order chi connectivity index (χ1) is 9.61. The second-order valence-electron chi connectivity index (χ2n) is 5.64. The van der Waals surface area contributed by atoms with Gasteiger partial charge in [-0.1, -0.05) is 6.92 Å². The molecule has 5 heteroatoms. The molecule has 1 aliphatic rings. The summed E-state index contributed by atoms with van der Waals surface area (Å²) >= 11 is 0. The average Bonchev–Trinajstić information content (AvgIpc) is 2.44. The van der Waals surface area contributed by atoms with E-state index in [-0.39, 0.29) is 0 Å². The van der Waals surface area contributed by atoms with E-state index in [2.05, 4.69) is 31.0 Å². The van der Waals surface area contributed by atoms with Gasteiger partial charge >= 0.3 is 0 Å². The molecule has 1 aromatic heterocycles. The summed E-state index contributed by atoms with van der Waals surface area (Å²) in [5.74, 6) is 1.45. The van der Waals surface area contributed by atoms with Crippen LogP contribution in [0.15, 0.2) is 0 Å². The zero-order chi connectivity index (χ0) is 14.5. The third-order valence-corrected chi connectivity index (χ3v) is 3.81. The molecular weight excluding hydrogens is 252 g/mol. The van der Waals surface area contributed by atoms with Crippen LogP contribution in [0.1, 0.15) is 23.9 Å². The molecule has 1 saturated heterocycles. The van der Waals surface area contributed by atoms with Crippen LogP contribution in [0.4, 0.5) is 5.95 Å². The number of aryl methyl sites for hydroxylation is 2. The number of hydrogen-bond donors (Lipinski definition) is 1. The van der Waals surface area contributed by atoms with Crippen molar-refractivity contribution in [2.24, 2.45) is 5.92 Å². The number of morpholine rings is 1. The maximum absolute atomic E-state index is 5.38. The molecule has 1 atom stereocenters. The second kappa shape index (κ2) is 6.99. The molecule has 0 spiro atoms. The largest absolute Gasteiger partial charge is 0.378 e. The third-order valence-electron chi connectivity index (χ3n) is 3.81. The minimum Gasteiger partial charge on any atom is -0.378 e. The summed E-state index contributed by atoms with van der Waals surface area (Å²) in [4.78, 5) is 11.6. The highest BCUT2D eigenvalue weighted by molar-refractivity contribution is 5.37. The first kappa shape index (κ1) is 15.2. The van der Waals surface area contributed by atoms with Gasteiger partial charge in [0, 0.05) is 24.5 Å². The Morgan fingerprint density at radius 3 is 2.35 bits per heavy atom. The van der Waals surface area contributed by atoms with E-state index in [9.17, 15) is 0 Å². The van der Waals surface area contributed by atoms with Gasteiger partial charge in [0.2, 0.25) is 5.95 Å². The van der Waals surface area contributed by atoms with E-state index >= 15 is 0 Å². The highest BCUT2D eigenvalue weighted by Gasteiger charge is 2.17. The third kappa shape index (κ3) is 3.67. The summed E-state index contributed by atoms with van der Waals surface area (Å²) in [6.07, 6.45) is 1.03. The average molecular weight is 278 g/mol. The smallest absolute Gasteiger partial charge is 0.225 e. The molecule has 112 valence electrons. The standard InChI is InChI=1S/C15H26N4O/c1-11(10-16-4)9-14-12(2)17-15(18-13(14)3)19-5-7-20-8-6-19/h11,16H,5-10H2,1-4H3. The molecule has 0 bridgehead atoms. The lowest BCUT2D eigenvalue weighted by Crippen LogP contribution is -2.37. The summed E-state index contributed by atoms with van der Waals surface area (Å²) < 4.78 is 5.38. The molecule has 2 rings (SSSR count). The molecular formula is C15H26N4O. The van der Waals surface area contributed by atoms with E-state index in [0.29, 0.717) is 5.92 Å². The zero-order valence-corrected chi connectivity index (χ0v) is 13.1. The minimum absolute atomic E-state index is 0.593. The molecule has 0 radical (unpaired) electrons. The maximum atomic E-state index is 5.38. The van der Waals surface area contributed by atoms with Crippen LogP contribution in [0, 0.1) is 19.8 Å². The Bertz CT molecular complexity index is 420. The van der Waals surface area contributed by atoms with Gasteiger partial charge in [-0.05, 0) is 45.3 Å². The van der Waals surface area contributed by atoms with Crippen LogP contribution >= 0.6 is 0 Å². The first-order valence-corrected chi connectivity index (χ1v) is 7.43. The van der Waals surface area contributed by atoms with E-state index in [1.54, 1.807) is 0 Å². The Morgan fingerprint density at radius 2 is 1.80 bits per heavy atom. The van der Waals surface area contributed by atoms with Crippen molar-refractivity contribution < 1.29 is 4.74 Å². The highest BCUT2D eigenvalue weighted by atomic mass is 16.5. The van der Waals surface area contributed by atoms with Crippen molar-refractivity contribution in [1.82, 2.24) is 15.3 Å². The van der Waals surface area contributed by atoms with Gasteiger partial charge < -0.3 is 15.0 Å². The molecule has 0 aliphatic carbocycles. The lowest BCUT2D eigenvalue weighted by Gasteiger charge is -2.27. The molecule has 1 N–H and O–H groups in total. The predicted octanol–water partition coefficient (Wildman–Crippen LogP) is 1.33. The van der Waals surface area contributed by atoms with Crippen molar-refractivity contribution >= 4 is 5.95 Å². The lowest BCUT2D eigenvalue weighted by molar-refractivity contribution is 0.122. The van der Waals surface area contributed by atoms with Gasteiger partial charge in [-0.3, -0.25) is 0 Å². The number of aromatic nitrogens is 2. The van der Waals surface area contributed by atoms with Crippen LogP contribution in [-0.4, -0.2) is 49.9 Å². The zero-order valence-electron chi connectivity index (χ0n) is 13.1. The van der Waals surface area contributed by atoms with Crippen LogP contribution in [0.25, 0.3) is 0 Å². The summed E-state index contributed by atoms with van der Waals surface area (Å²) in [5.41, 5.74) is 3.52. The molecule has 2 heterocycles. The second-order valence-corrected chi connectivity index (χ2v) is 5.64. The summed E-state index contributed by atoms with van der Waals surface area (Å²) in [6, 6.07) is 0. The van der Waals surface area contributed by atoms with E-state index in [1.165, 1.54) is 5.56 Å². The van der Waals surface area contributed by atoms with Crippen LogP contribution in [-0.2, 0) is 11.2 Å². The topological polar surface area (TPSA) is 50.3 Å². The Hall–Kier alpha value is -1.20. The predicted molar refractivity (Wildman–Crippen MR) is 81.3 cm³/mol. The van der Waals surface area contributed by atoms with E-state index in [0.717, 1.165) is 56.6 Å². The molecule has 1 unspecified atom stereocenters. The van der Waals surface area contributed by atoms with Crippen LogP contribution in [0.5, 0.6) is 0 Å². The molecule has 0 saturated carbocycles. The van der Waals surface area contributed by atoms with Gasteiger partial charge in [-0.15, -0.1) is 0 Å². The molecule has 5 nitrogen and oxygen atoms in total. The van der Waals surface area contributed by atoms with Crippen molar-refractivity contribution in [2.45, 2.75) is 27.2 Å². The van der Waals surface area contributed by atoms with Crippen LogP contribution in [0.2, 0.25) is 0 Å². The van der Waals surface area contributed by atoms with E-state index in [1.807, 2.05) is 7.05 Å². The summed E-state index contributed by atoms with van der Waals surface area (Å²) in [5, 5.41) is 3.23. The molecule has 0 aromatic carbocycles. The van der Waals surface area contributed by atoms with Crippen molar-refractivity contribution in [3.8, 4) is 0 Å². The molecule has 20 heavy (non-hydrogen) atoms. The number of anilines is 1. The molecule has 1 aromatic rings. The quantitative estimate of drug-likeness (QED) is 0.880. The molecule has 1 aliphatic heterocycles. The normalized spacial score (nSPS) is 17.3.